The second-order valence-electron chi connectivity index (χ2n) is 8.86. The van der Waals surface area contributed by atoms with E-state index in [0.717, 1.165) is 38.4 Å². The van der Waals surface area contributed by atoms with Crippen molar-refractivity contribution in [1.82, 2.24) is 9.97 Å². The van der Waals surface area contributed by atoms with Crippen molar-refractivity contribution in [1.29, 1.82) is 0 Å². The van der Waals surface area contributed by atoms with Gasteiger partial charge in [0.15, 0.2) is 5.82 Å². The van der Waals surface area contributed by atoms with Crippen LogP contribution in [0.25, 0.3) is 56.2 Å². The van der Waals surface area contributed by atoms with Crippen molar-refractivity contribution in [2.75, 3.05) is 0 Å². The van der Waals surface area contributed by atoms with Crippen LogP contribution in [0, 0.1) is 0 Å². The summed E-state index contributed by atoms with van der Waals surface area (Å²) in [5.74, 6) is 0.726. The van der Waals surface area contributed by atoms with E-state index in [1.807, 2.05) is 42.5 Å². The zero-order valence-electron chi connectivity index (χ0n) is 20.1. The monoisotopic (exact) mass is 538 g/mol. The molecule has 0 aliphatic rings. The first kappa shape index (κ1) is 23.1. The molecule has 0 unspecified atom stereocenters. The van der Waals surface area contributed by atoms with Crippen LogP contribution >= 0.6 is 15.9 Å². The van der Waals surface area contributed by atoms with E-state index in [9.17, 15) is 0 Å². The number of halogens is 1. The second kappa shape index (κ2) is 10.3. The van der Waals surface area contributed by atoms with Crippen molar-refractivity contribution < 1.29 is 0 Å². The molecule has 2 nitrogen and oxygen atoms in total. The lowest BCUT2D eigenvalue weighted by Gasteiger charge is -2.10. The van der Waals surface area contributed by atoms with Crippen molar-refractivity contribution in [2.45, 2.75) is 0 Å². The fourth-order valence-corrected chi connectivity index (χ4v) is 4.82. The number of rotatable bonds is 5. The van der Waals surface area contributed by atoms with E-state index in [1.165, 1.54) is 22.3 Å². The summed E-state index contributed by atoms with van der Waals surface area (Å²) in [6.07, 6.45) is 0. The highest BCUT2D eigenvalue weighted by Gasteiger charge is 2.11. The molecule has 1 aromatic heterocycles. The summed E-state index contributed by atoms with van der Waals surface area (Å²) >= 11 is 3.56. The molecule has 0 radical (unpaired) electrons. The van der Waals surface area contributed by atoms with E-state index in [-0.39, 0.29) is 0 Å². The van der Waals surface area contributed by atoms with Gasteiger partial charge in [0, 0.05) is 21.2 Å². The Bertz CT molecular complexity index is 1590. The van der Waals surface area contributed by atoms with Gasteiger partial charge in [-0.2, -0.15) is 0 Å². The SMILES string of the molecule is Brc1cccc(-c2ccc(-c3ccc(-c4cc(-c5ccccc5)nc(-c5ccccc5)n4)cc3)cc2)c1. The Morgan fingerprint density at radius 1 is 0.351 bits per heavy atom. The van der Waals surface area contributed by atoms with Gasteiger partial charge >= 0.3 is 0 Å². The molecular formula is C34H23BrN2. The van der Waals surface area contributed by atoms with Crippen molar-refractivity contribution in [3.8, 4) is 56.2 Å². The van der Waals surface area contributed by atoms with Crippen LogP contribution in [0.15, 0.2) is 144 Å². The Morgan fingerprint density at radius 3 is 1.32 bits per heavy atom. The van der Waals surface area contributed by atoms with Crippen molar-refractivity contribution in [3.05, 3.63) is 144 Å². The molecule has 0 bridgehead atoms. The smallest absolute Gasteiger partial charge is 0.160 e. The molecule has 176 valence electrons. The largest absolute Gasteiger partial charge is 0.228 e. The van der Waals surface area contributed by atoms with Crippen LogP contribution in [0.3, 0.4) is 0 Å². The third-order valence-corrected chi connectivity index (χ3v) is 6.88. The van der Waals surface area contributed by atoms with Crippen LogP contribution in [-0.4, -0.2) is 9.97 Å². The molecule has 0 N–H and O–H groups in total. The van der Waals surface area contributed by atoms with Gasteiger partial charge < -0.3 is 0 Å². The van der Waals surface area contributed by atoms with Crippen molar-refractivity contribution in [2.24, 2.45) is 0 Å². The summed E-state index contributed by atoms with van der Waals surface area (Å²) in [7, 11) is 0. The van der Waals surface area contributed by atoms with Gasteiger partial charge in [0.1, 0.15) is 0 Å². The summed E-state index contributed by atoms with van der Waals surface area (Å²) < 4.78 is 1.08. The lowest BCUT2D eigenvalue weighted by molar-refractivity contribution is 1.18. The van der Waals surface area contributed by atoms with Crippen LogP contribution in [0.2, 0.25) is 0 Å². The number of hydrogen-bond donors (Lipinski definition) is 0. The van der Waals surface area contributed by atoms with E-state index >= 15 is 0 Å². The number of hydrogen-bond acceptors (Lipinski definition) is 2. The van der Waals surface area contributed by atoms with E-state index in [1.54, 1.807) is 0 Å². The molecular weight excluding hydrogens is 516 g/mol. The summed E-state index contributed by atoms with van der Waals surface area (Å²) in [5.41, 5.74) is 9.71. The van der Waals surface area contributed by atoms with E-state index in [0.29, 0.717) is 0 Å². The summed E-state index contributed by atoms with van der Waals surface area (Å²) in [4.78, 5) is 9.83. The fraction of sp³-hybridized carbons (Fsp3) is 0. The van der Waals surface area contributed by atoms with Crippen LogP contribution in [0.4, 0.5) is 0 Å². The Hall–Kier alpha value is -4.34. The van der Waals surface area contributed by atoms with Gasteiger partial charge in [-0.25, -0.2) is 9.97 Å². The van der Waals surface area contributed by atoms with Gasteiger partial charge in [-0.1, -0.05) is 137 Å². The predicted molar refractivity (Wildman–Crippen MR) is 157 cm³/mol. The average Bonchev–Trinajstić information content (AvgIpc) is 2.98. The van der Waals surface area contributed by atoms with Crippen LogP contribution in [-0.2, 0) is 0 Å². The minimum Gasteiger partial charge on any atom is -0.228 e. The first-order chi connectivity index (χ1) is 18.2. The zero-order valence-corrected chi connectivity index (χ0v) is 21.6. The molecule has 5 aromatic carbocycles. The third kappa shape index (κ3) is 5.13. The molecule has 6 aromatic rings. The Balaban J connectivity index is 1.34. The summed E-state index contributed by atoms with van der Waals surface area (Å²) in [5, 5.41) is 0. The Labute approximate surface area is 225 Å². The first-order valence-corrected chi connectivity index (χ1v) is 13.0. The number of benzene rings is 5. The first-order valence-electron chi connectivity index (χ1n) is 12.2. The zero-order chi connectivity index (χ0) is 25.0. The fourth-order valence-electron chi connectivity index (χ4n) is 4.42. The minimum atomic E-state index is 0.726. The van der Waals surface area contributed by atoms with Crippen molar-refractivity contribution in [3.63, 3.8) is 0 Å². The standard InChI is InChI=1S/C34H23BrN2/c35-31-13-7-12-30(22-31)26-16-14-24(15-17-26)25-18-20-28(21-19-25)33-23-32(27-8-3-1-4-9-27)36-34(37-33)29-10-5-2-6-11-29/h1-23H. The molecule has 0 saturated heterocycles. The molecule has 0 amide bonds. The van der Waals surface area contributed by atoms with E-state index in [4.69, 9.17) is 9.97 Å². The third-order valence-electron chi connectivity index (χ3n) is 6.38. The Morgan fingerprint density at radius 2 is 0.784 bits per heavy atom. The molecule has 0 spiro atoms. The van der Waals surface area contributed by atoms with Gasteiger partial charge in [-0.05, 0) is 40.5 Å². The molecule has 37 heavy (non-hydrogen) atoms. The quantitative estimate of drug-likeness (QED) is 0.218. The highest BCUT2D eigenvalue weighted by atomic mass is 79.9. The molecule has 0 aliphatic carbocycles. The normalized spacial score (nSPS) is 10.8. The lowest BCUT2D eigenvalue weighted by atomic mass is 9.99. The van der Waals surface area contributed by atoms with Gasteiger partial charge in [0.25, 0.3) is 0 Å². The van der Waals surface area contributed by atoms with Gasteiger partial charge in [-0.3, -0.25) is 0 Å². The van der Waals surface area contributed by atoms with Gasteiger partial charge in [-0.15, -0.1) is 0 Å². The molecule has 0 aliphatic heterocycles. The molecule has 1 heterocycles. The molecule has 0 saturated carbocycles. The number of nitrogens with zero attached hydrogens (tertiary/aromatic N) is 2. The minimum absolute atomic E-state index is 0.726. The van der Waals surface area contributed by atoms with Crippen molar-refractivity contribution >= 4 is 15.9 Å². The van der Waals surface area contributed by atoms with Crippen LogP contribution in [0.5, 0.6) is 0 Å². The molecule has 6 rings (SSSR count). The van der Waals surface area contributed by atoms with Gasteiger partial charge in [0.05, 0.1) is 11.4 Å². The maximum Gasteiger partial charge on any atom is 0.160 e. The maximum atomic E-state index is 4.94. The highest BCUT2D eigenvalue weighted by molar-refractivity contribution is 9.10. The van der Waals surface area contributed by atoms with Gasteiger partial charge in [0.2, 0.25) is 0 Å². The van der Waals surface area contributed by atoms with E-state index in [2.05, 4.69) is 113 Å². The summed E-state index contributed by atoms with van der Waals surface area (Å²) in [6, 6.07) is 48.2. The number of aromatic nitrogens is 2. The molecule has 3 heteroatoms. The lowest BCUT2D eigenvalue weighted by Crippen LogP contribution is -1.95. The molecule has 0 atom stereocenters. The van der Waals surface area contributed by atoms with E-state index < -0.39 is 0 Å². The maximum absolute atomic E-state index is 4.94. The predicted octanol–water partition coefficient (Wildman–Crippen LogP) is 9.57. The second-order valence-corrected chi connectivity index (χ2v) is 9.77. The highest BCUT2D eigenvalue weighted by Crippen LogP contribution is 2.30. The average molecular weight is 539 g/mol. The molecule has 0 fully saturated rings. The summed E-state index contributed by atoms with van der Waals surface area (Å²) in [6.45, 7) is 0. The topological polar surface area (TPSA) is 25.8 Å². The Kier molecular flexibility index (Phi) is 6.45. The van der Waals surface area contributed by atoms with Crippen LogP contribution in [0.1, 0.15) is 0 Å². The van der Waals surface area contributed by atoms with Crippen LogP contribution < -0.4 is 0 Å².